The molecule has 1 aliphatic carbocycles. The van der Waals surface area contributed by atoms with Gasteiger partial charge in [-0.1, -0.05) is 62.4 Å². The van der Waals surface area contributed by atoms with Crippen LogP contribution in [0.3, 0.4) is 0 Å². The summed E-state index contributed by atoms with van der Waals surface area (Å²) in [5, 5.41) is 18.5. The van der Waals surface area contributed by atoms with E-state index in [1.807, 2.05) is 50.2 Å². The largest absolute Gasteiger partial charge is 0.481 e. The molecule has 1 aliphatic rings. The Balaban J connectivity index is 1.45. The lowest BCUT2D eigenvalue weighted by Crippen LogP contribution is -2.40. The third kappa shape index (κ3) is 5.03. The van der Waals surface area contributed by atoms with Crippen LogP contribution in [-0.2, 0) is 16.6 Å². The molecule has 0 saturated heterocycles. The van der Waals surface area contributed by atoms with Gasteiger partial charge < -0.3 is 15.2 Å². The first-order chi connectivity index (χ1) is 16.8. The van der Waals surface area contributed by atoms with Crippen LogP contribution in [0.1, 0.15) is 47.7 Å². The summed E-state index contributed by atoms with van der Waals surface area (Å²) in [5.41, 5.74) is 4.57. The fourth-order valence-corrected chi connectivity index (χ4v) is 4.37. The predicted octanol–water partition coefficient (Wildman–Crippen LogP) is 4.01. The van der Waals surface area contributed by atoms with Crippen LogP contribution in [0.25, 0.3) is 11.1 Å². The van der Waals surface area contributed by atoms with E-state index in [0.29, 0.717) is 0 Å². The lowest BCUT2D eigenvalue weighted by Gasteiger charge is -2.20. The summed E-state index contributed by atoms with van der Waals surface area (Å²) < 4.78 is 6.93. The molecule has 2 amide bonds. The summed E-state index contributed by atoms with van der Waals surface area (Å²) in [5.74, 6) is -1.55. The van der Waals surface area contributed by atoms with Crippen molar-refractivity contribution in [3.05, 3.63) is 71.4 Å². The van der Waals surface area contributed by atoms with Crippen LogP contribution in [0, 0.1) is 5.92 Å². The van der Waals surface area contributed by atoms with Gasteiger partial charge in [0.1, 0.15) is 18.0 Å². The van der Waals surface area contributed by atoms with Crippen LogP contribution in [0.5, 0.6) is 0 Å². The molecular weight excluding hydrogens is 448 g/mol. The minimum Gasteiger partial charge on any atom is -0.481 e. The number of carboxylic acid groups (broad SMARTS) is 1. The minimum absolute atomic E-state index is 0.0923. The summed E-state index contributed by atoms with van der Waals surface area (Å²) in [4.78, 5) is 36.7. The molecule has 4 rings (SSSR count). The number of carbonyl (C=O) groups is 3. The normalized spacial score (nSPS) is 13.1. The number of amides is 2. The van der Waals surface area contributed by atoms with E-state index in [1.54, 1.807) is 7.05 Å². The van der Waals surface area contributed by atoms with Gasteiger partial charge in [-0.05, 0) is 28.2 Å². The Labute approximate surface area is 203 Å². The van der Waals surface area contributed by atoms with E-state index in [0.717, 1.165) is 22.3 Å². The first kappa shape index (κ1) is 24.0. The highest BCUT2D eigenvalue weighted by atomic mass is 16.5. The molecule has 2 aromatic carbocycles. The molecular formula is C26H28N4O5. The first-order valence-electron chi connectivity index (χ1n) is 11.4. The number of fused-ring (bicyclic) bond motifs is 3. The number of nitrogens with zero attached hydrogens (tertiary/aromatic N) is 2. The molecule has 182 valence electrons. The highest BCUT2D eigenvalue weighted by Gasteiger charge is 2.29. The number of carbonyl (C=O) groups excluding carboxylic acids is 2. The summed E-state index contributed by atoms with van der Waals surface area (Å²) in [7, 11) is 1.59. The number of benzene rings is 2. The molecule has 0 saturated carbocycles. The van der Waals surface area contributed by atoms with E-state index in [2.05, 4.69) is 27.9 Å². The molecule has 3 N–H and O–H groups in total. The third-order valence-corrected chi connectivity index (χ3v) is 6.26. The number of aryl methyl sites for hydroxylation is 1. The predicted molar refractivity (Wildman–Crippen MR) is 130 cm³/mol. The molecule has 0 bridgehead atoms. The maximum Gasteiger partial charge on any atom is 0.412 e. The van der Waals surface area contributed by atoms with Crippen LogP contribution in [0.2, 0.25) is 0 Å². The van der Waals surface area contributed by atoms with Crippen molar-refractivity contribution in [2.75, 3.05) is 11.9 Å². The van der Waals surface area contributed by atoms with E-state index < -0.39 is 24.0 Å². The molecule has 1 heterocycles. The van der Waals surface area contributed by atoms with Crippen LogP contribution < -0.4 is 10.6 Å². The van der Waals surface area contributed by atoms with Gasteiger partial charge in [0.2, 0.25) is 0 Å². The molecule has 9 nitrogen and oxygen atoms in total. The number of aromatic nitrogens is 2. The second kappa shape index (κ2) is 10.0. The fraction of sp³-hybridized carbons (Fsp3) is 0.308. The Morgan fingerprint density at radius 2 is 1.66 bits per heavy atom. The van der Waals surface area contributed by atoms with E-state index in [4.69, 9.17) is 9.84 Å². The molecule has 1 unspecified atom stereocenters. The van der Waals surface area contributed by atoms with Crippen molar-refractivity contribution in [2.24, 2.45) is 13.0 Å². The van der Waals surface area contributed by atoms with Gasteiger partial charge in [0, 0.05) is 19.0 Å². The number of anilines is 1. The molecule has 0 radical (unpaired) electrons. The summed E-state index contributed by atoms with van der Waals surface area (Å²) in [6.45, 7) is 3.78. The SMILES string of the molecule is CC(C)C(CC(=O)O)NC(=O)c1cnn(C)c1NC(=O)OCC1c2ccccc2-c2ccccc21. The molecule has 0 fully saturated rings. The second-order valence-corrected chi connectivity index (χ2v) is 8.90. The van der Waals surface area contributed by atoms with E-state index in [1.165, 1.54) is 10.9 Å². The molecule has 0 spiro atoms. The Kier molecular flexibility index (Phi) is 6.86. The van der Waals surface area contributed by atoms with Crippen molar-refractivity contribution in [3.63, 3.8) is 0 Å². The average Bonchev–Trinajstić information content (AvgIpc) is 3.34. The minimum atomic E-state index is -1.01. The van der Waals surface area contributed by atoms with Crippen LogP contribution in [0.4, 0.5) is 10.6 Å². The zero-order chi connectivity index (χ0) is 25.1. The number of carboxylic acids is 1. The van der Waals surface area contributed by atoms with E-state index >= 15 is 0 Å². The summed E-state index contributed by atoms with van der Waals surface area (Å²) in [6.07, 6.45) is 0.404. The molecule has 35 heavy (non-hydrogen) atoms. The zero-order valence-electron chi connectivity index (χ0n) is 19.8. The number of nitrogens with one attached hydrogen (secondary N) is 2. The molecule has 0 aliphatic heterocycles. The highest BCUT2D eigenvalue weighted by Crippen LogP contribution is 2.44. The van der Waals surface area contributed by atoms with Crippen molar-refractivity contribution >= 4 is 23.8 Å². The Hall–Kier alpha value is -4.14. The molecule has 1 aromatic heterocycles. The lowest BCUT2D eigenvalue weighted by molar-refractivity contribution is -0.137. The quantitative estimate of drug-likeness (QED) is 0.452. The van der Waals surface area contributed by atoms with Crippen molar-refractivity contribution in [1.82, 2.24) is 15.1 Å². The van der Waals surface area contributed by atoms with E-state index in [9.17, 15) is 14.4 Å². The number of aliphatic carboxylic acids is 1. The molecule has 3 aromatic rings. The third-order valence-electron chi connectivity index (χ3n) is 6.26. The first-order valence-corrected chi connectivity index (χ1v) is 11.4. The van der Waals surface area contributed by atoms with Crippen molar-refractivity contribution in [3.8, 4) is 11.1 Å². The lowest BCUT2D eigenvalue weighted by atomic mass is 9.98. The van der Waals surface area contributed by atoms with Crippen molar-refractivity contribution in [1.29, 1.82) is 0 Å². The topological polar surface area (TPSA) is 123 Å². The monoisotopic (exact) mass is 476 g/mol. The Bertz CT molecular complexity index is 1220. The highest BCUT2D eigenvalue weighted by molar-refractivity contribution is 6.01. The fourth-order valence-electron chi connectivity index (χ4n) is 4.37. The van der Waals surface area contributed by atoms with Gasteiger partial charge >= 0.3 is 12.1 Å². The van der Waals surface area contributed by atoms with Gasteiger partial charge in [-0.15, -0.1) is 0 Å². The Morgan fingerprint density at radius 3 is 2.23 bits per heavy atom. The zero-order valence-corrected chi connectivity index (χ0v) is 19.8. The number of hydrogen-bond donors (Lipinski definition) is 3. The second-order valence-electron chi connectivity index (χ2n) is 8.90. The van der Waals surface area contributed by atoms with Crippen LogP contribution in [0.15, 0.2) is 54.7 Å². The van der Waals surface area contributed by atoms with Gasteiger partial charge in [0.25, 0.3) is 5.91 Å². The standard InChI is InChI=1S/C26H28N4O5/c1-15(2)22(12-23(31)32)28-25(33)20-13-27-30(3)24(20)29-26(34)35-14-21-18-10-6-4-8-16(18)17-9-5-7-11-19(17)21/h4-11,13,15,21-22H,12,14H2,1-3H3,(H,28,33)(H,29,34)(H,31,32). The van der Waals surface area contributed by atoms with Crippen molar-refractivity contribution < 1.29 is 24.2 Å². The Morgan fingerprint density at radius 1 is 1.06 bits per heavy atom. The molecule has 1 atom stereocenters. The maximum atomic E-state index is 12.8. The van der Waals surface area contributed by atoms with Gasteiger partial charge in [-0.25, -0.2) is 4.79 Å². The van der Waals surface area contributed by atoms with Crippen LogP contribution >= 0.6 is 0 Å². The number of ether oxygens (including phenoxy) is 1. The van der Waals surface area contributed by atoms with E-state index in [-0.39, 0.29) is 36.2 Å². The molecule has 9 heteroatoms. The summed E-state index contributed by atoms with van der Waals surface area (Å²) >= 11 is 0. The van der Waals surface area contributed by atoms with Gasteiger partial charge in [0.05, 0.1) is 12.6 Å². The van der Waals surface area contributed by atoms with Gasteiger partial charge in [0.15, 0.2) is 0 Å². The average molecular weight is 477 g/mol. The smallest absolute Gasteiger partial charge is 0.412 e. The maximum absolute atomic E-state index is 12.8. The van der Waals surface area contributed by atoms with Gasteiger partial charge in [-0.2, -0.15) is 5.10 Å². The number of hydrogen-bond acceptors (Lipinski definition) is 5. The van der Waals surface area contributed by atoms with Gasteiger partial charge in [-0.3, -0.25) is 19.6 Å². The number of rotatable bonds is 8. The van der Waals surface area contributed by atoms with Crippen molar-refractivity contribution in [2.45, 2.75) is 32.2 Å². The van der Waals surface area contributed by atoms with Crippen LogP contribution in [-0.4, -0.2) is 45.5 Å². The summed E-state index contributed by atoms with van der Waals surface area (Å²) in [6, 6.07) is 15.5.